The third kappa shape index (κ3) is 2.46. The van der Waals surface area contributed by atoms with Gasteiger partial charge in [0, 0.05) is 38.6 Å². The van der Waals surface area contributed by atoms with E-state index in [1.54, 1.807) is 6.20 Å². The predicted octanol–water partition coefficient (Wildman–Crippen LogP) is 1.65. The van der Waals surface area contributed by atoms with Gasteiger partial charge >= 0.3 is 5.69 Å². The lowest BCUT2D eigenvalue weighted by Crippen LogP contribution is -2.37. The molecule has 0 aliphatic carbocycles. The van der Waals surface area contributed by atoms with E-state index in [4.69, 9.17) is 0 Å². The van der Waals surface area contributed by atoms with E-state index in [0.717, 1.165) is 48.4 Å². The topological polar surface area (TPSA) is 96.1 Å². The van der Waals surface area contributed by atoms with Crippen LogP contribution in [0.25, 0.3) is 16.7 Å². The van der Waals surface area contributed by atoms with Gasteiger partial charge in [0.05, 0.1) is 11.0 Å². The summed E-state index contributed by atoms with van der Waals surface area (Å²) >= 11 is 0. The maximum Gasteiger partial charge on any atom is 0.326 e. The molecule has 9 heteroatoms. The highest BCUT2D eigenvalue weighted by Gasteiger charge is 2.26. The molecule has 4 aromatic rings. The Hall–Kier alpha value is -3.36. The van der Waals surface area contributed by atoms with E-state index < -0.39 is 0 Å². The summed E-state index contributed by atoms with van der Waals surface area (Å²) in [6.45, 7) is 1.62. The Kier molecular flexibility index (Phi) is 3.59. The number of rotatable bonds is 3. The minimum Gasteiger partial charge on any atom is -0.357 e. The number of anilines is 2. The van der Waals surface area contributed by atoms with Crippen LogP contribution in [0.1, 0.15) is 18.9 Å². The van der Waals surface area contributed by atoms with Gasteiger partial charge in [0.2, 0.25) is 11.6 Å². The zero-order valence-electron chi connectivity index (χ0n) is 15.0. The van der Waals surface area contributed by atoms with Crippen molar-refractivity contribution in [2.75, 3.05) is 30.4 Å². The van der Waals surface area contributed by atoms with Gasteiger partial charge in [0.1, 0.15) is 0 Å². The number of nitrogens with one attached hydrogen (secondary N) is 2. The van der Waals surface area contributed by atoms with E-state index >= 15 is 0 Å². The standard InChI is InChI=1S/C18H20N8O/c1-19-17-23-22-16-15(20-8-11-25(16)17)24-9-6-12(7-10-24)26-14-5-3-2-4-13(14)21-18(26)27/h2-5,8,11-12H,6-7,9-10H2,1H3,(H,19,23)(H,21,27). The normalized spacial score (nSPS) is 15.7. The largest absolute Gasteiger partial charge is 0.357 e. The number of H-pyrrole nitrogens is 1. The lowest BCUT2D eigenvalue weighted by atomic mass is 10.0. The maximum atomic E-state index is 12.5. The van der Waals surface area contributed by atoms with Crippen molar-refractivity contribution in [3.05, 3.63) is 47.1 Å². The van der Waals surface area contributed by atoms with Crippen molar-refractivity contribution >= 4 is 28.4 Å². The first-order valence-corrected chi connectivity index (χ1v) is 9.08. The molecule has 4 heterocycles. The minimum absolute atomic E-state index is 0.0361. The van der Waals surface area contributed by atoms with Crippen molar-refractivity contribution in [2.45, 2.75) is 18.9 Å². The number of aromatic amines is 1. The molecule has 0 amide bonds. The van der Waals surface area contributed by atoms with Crippen molar-refractivity contribution in [2.24, 2.45) is 0 Å². The van der Waals surface area contributed by atoms with Gasteiger partial charge in [-0.3, -0.25) is 8.97 Å². The van der Waals surface area contributed by atoms with Crippen LogP contribution in [0.3, 0.4) is 0 Å². The molecule has 27 heavy (non-hydrogen) atoms. The van der Waals surface area contributed by atoms with Gasteiger partial charge in [0.15, 0.2) is 5.82 Å². The summed E-state index contributed by atoms with van der Waals surface area (Å²) in [7, 11) is 1.82. The van der Waals surface area contributed by atoms with Crippen molar-refractivity contribution in [3.63, 3.8) is 0 Å². The molecule has 1 saturated heterocycles. The molecule has 0 saturated carbocycles. The van der Waals surface area contributed by atoms with E-state index in [-0.39, 0.29) is 11.7 Å². The highest BCUT2D eigenvalue weighted by atomic mass is 16.1. The van der Waals surface area contributed by atoms with Gasteiger partial charge in [-0.2, -0.15) is 0 Å². The second kappa shape index (κ2) is 6.11. The van der Waals surface area contributed by atoms with E-state index in [1.807, 2.05) is 46.5 Å². The molecule has 1 aliphatic heterocycles. The summed E-state index contributed by atoms with van der Waals surface area (Å²) in [4.78, 5) is 22.2. The summed E-state index contributed by atoms with van der Waals surface area (Å²) in [5, 5.41) is 11.5. The van der Waals surface area contributed by atoms with Crippen LogP contribution in [0.2, 0.25) is 0 Å². The fraction of sp³-hybridized carbons (Fsp3) is 0.333. The van der Waals surface area contributed by atoms with Crippen LogP contribution in [-0.2, 0) is 0 Å². The van der Waals surface area contributed by atoms with E-state index in [0.29, 0.717) is 5.95 Å². The van der Waals surface area contributed by atoms with Gasteiger partial charge in [-0.25, -0.2) is 9.78 Å². The Bertz CT molecular complexity index is 1170. The molecule has 5 rings (SSSR count). The lowest BCUT2D eigenvalue weighted by molar-refractivity contribution is 0.395. The number of imidazole rings is 1. The number of hydrogen-bond donors (Lipinski definition) is 2. The van der Waals surface area contributed by atoms with Crippen molar-refractivity contribution in [1.82, 2.24) is 29.1 Å². The van der Waals surface area contributed by atoms with Crippen molar-refractivity contribution in [1.29, 1.82) is 0 Å². The zero-order chi connectivity index (χ0) is 18.4. The summed E-state index contributed by atoms with van der Waals surface area (Å²) < 4.78 is 3.80. The van der Waals surface area contributed by atoms with Gasteiger partial charge in [-0.1, -0.05) is 12.1 Å². The number of para-hydroxylation sites is 2. The first-order chi connectivity index (χ1) is 13.3. The van der Waals surface area contributed by atoms with E-state index in [1.165, 1.54) is 0 Å². The molecule has 0 bridgehead atoms. The molecule has 3 aromatic heterocycles. The Labute approximate surface area is 154 Å². The Morgan fingerprint density at radius 3 is 2.81 bits per heavy atom. The highest BCUT2D eigenvalue weighted by molar-refractivity contribution is 5.75. The maximum absolute atomic E-state index is 12.5. The molecule has 138 valence electrons. The number of benzene rings is 1. The second-order valence-electron chi connectivity index (χ2n) is 6.75. The summed E-state index contributed by atoms with van der Waals surface area (Å²) in [5.74, 6) is 1.52. The monoisotopic (exact) mass is 364 g/mol. The average molecular weight is 364 g/mol. The third-order valence-electron chi connectivity index (χ3n) is 5.29. The fourth-order valence-electron chi connectivity index (χ4n) is 3.98. The van der Waals surface area contributed by atoms with Gasteiger partial charge in [0.25, 0.3) is 0 Å². The summed E-state index contributed by atoms with van der Waals surface area (Å²) in [5.41, 5.74) is 2.56. The molecule has 0 unspecified atom stereocenters. The minimum atomic E-state index is -0.0361. The Balaban J connectivity index is 1.43. The van der Waals surface area contributed by atoms with Crippen molar-refractivity contribution in [3.8, 4) is 0 Å². The van der Waals surface area contributed by atoms with Crippen LogP contribution in [0.4, 0.5) is 11.8 Å². The van der Waals surface area contributed by atoms with Crippen LogP contribution in [0.15, 0.2) is 41.5 Å². The molecule has 1 aliphatic rings. The van der Waals surface area contributed by atoms with Gasteiger partial charge in [-0.15, -0.1) is 10.2 Å². The first kappa shape index (κ1) is 15.9. The second-order valence-corrected chi connectivity index (χ2v) is 6.75. The van der Waals surface area contributed by atoms with E-state index in [9.17, 15) is 4.79 Å². The zero-order valence-corrected chi connectivity index (χ0v) is 15.0. The number of hydrogen-bond acceptors (Lipinski definition) is 6. The van der Waals surface area contributed by atoms with E-state index in [2.05, 4.69) is 30.4 Å². The quantitative estimate of drug-likeness (QED) is 0.574. The average Bonchev–Trinajstić information content (AvgIpc) is 3.28. The van der Waals surface area contributed by atoms with Crippen molar-refractivity contribution < 1.29 is 0 Å². The molecular weight excluding hydrogens is 344 g/mol. The molecular formula is C18H20N8O. The smallest absolute Gasteiger partial charge is 0.326 e. The molecule has 0 spiro atoms. The number of fused-ring (bicyclic) bond motifs is 2. The number of nitrogens with zero attached hydrogens (tertiary/aromatic N) is 6. The van der Waals surface area contributed by atoms with Crippen LogP contribution < -0.4 is 15.9 Å². The molecule has 0 atom stereocenters. The lowest BCUT2D eigenvalue weighted by Gasteiger charge is -2.33. The fourth-order valence-corrected chi connectivity index (χ4v) is 3.98. The molecule has 1 fully saturated rings. The summed E-state index contributed by atoms with van der Waals surface area (Å²) in [6.07, 6.45) is 5.36. The molecule has 2 N–H and O–H groups in total. The third-order valence-corrected chi connectivity index (χ3v) is 5.29. The van der Waals surface area contributed by atoms with Crippen LogP contribution in [0, 0.1) is 0 Å². The first-order valence-electron chi connectivity index (χ1n) is 9.08. The number of piperidine rings is 1. The molecule has 0 radical (unpaired) electrons. The van der Waals surface area contributed by atoms with Crippen LogP contribution in [-0.4, -0.2) is 49.3 Å². The number of aromatic nitrogens is 6. The summed E-state index contributed by atoms with van der Waals surface area (Å²) in [6, 6.07) is 8.02. The van der Waals surface area contributed by atoms with Crippen LogP contribution >= 0.6 is 0 Å². The van der Waals surface area contributed by atoms with Gasteiger partial charge < -0.3 is 15.2 Å². The molecule has 1 aromatic carbocycles. The Morgan fingerprint density at radius 1 is 1.19 bits per heavy atom. The van der Waals surface area contributed by atoms with Gasteiger partial charge in [-0.05, 0) is 25.0 Å². The Morgan fingerprint density at radius 2 is 2.00 bits per heavy atom. The molecule has 9 nitrogen and oxygen atoms in total. The van der Waals surface area contributed by atoms with Crippen LogP contribution in [0.5, 0.6) is 0 Å². The highest BCUT2D eigenvalue weighted by Crippen LogP contribution is 2.28. The SMILES string of the molecule is CNc1nnc2c(N3CCC(n4c(=O)[nH]c5ccccc54)CC3)nccn12. The predicted molar refractivity (Wildman–Crippen MR) is 103 cm³/mol.